The van der Waals surface area contributed by atoms with Gasteiger partial charge in [0.25, 0.3) is 10.1 Å². The van der Waals surface area contributed by atoms with Gasteiger partial charge in [-0.25, -0.2) is 4.79 Å². The number of benzene rings is 1. The summed E-state index contributed by atoms with van der Waals surface area (Å²) in [5.74, 6) is -0.278. The topological polar surface area (TPSA) is 126 Å². The number of allylic oxidation sites excluding steroid dienone is 1. The Morgan fingerprint density at radius 2 is 2.03 bits per heavy atom. The summed E-state index contributed by atoms with van der Waals surface area (Å²) in [6, 6.07) is 7.03. The van der Waals surface area contributed by atoms with Crippen molar-refractivity contribution < 1.29 is 22.2 Å². The van der Waals surface area contributed by atoms with Gasteiger partial charge in [0, 0.05) is 35.8 Å². The molecule has 1 aliphatic rings. The number of fused-ring (bicyclic) bond motifs is 1. The largest absolute Gasteiger partial charge is 0.422 e. The van der Waals surface area contributed by atoms with Gasteiger partial charge in [0.05, 0.1) is 11.3 Å². The average Bonchev–Trinajstić information content (AvgIpc) is 3.13. The summed E-state index contributed by atoms with van der Waals surface area (Å²) in [5, 5.41) is 8.49. The Morgan fingerprint density at radius 3 is 2.70 bits per heavy atom. The van der Waals surface area contributed by atoms with Gasteiger partial charge in [-0.05, 0) is 37.0 Å². The Hall–Kier alpha value is -2.30. The lowest BCUT2D eigenvalue weighted by Crippen LogP contribution is -2.20. The third-order valence-corrected chi connectivity index (χ3v) is 5.92. The zero-order valence-corrected chi connectivity index (χ0v) is 18.7. The molecule has 0 saturated carbocycles. The standard InChI is InChI=1S/C18H20N2O6S2.C2H6/c1-11(21)7-14-10-27-17(20-14)15-8-12-3-4-13(9-16(12)26-18(15)22)19-5-2-6-28(23,24)25;1-2/h3-4,8-10,17,19-20H,2,5-7H2,1H3,(H,23,24,25);1-2H3. The molecule has 8 nitrogen and oxygen atoms in total. The van der Waals surface area contributed by atoms with Crippen LogP contribution in [0.15, 0.2) is 44.6 Å². The lowest BCUT2D eigenvalue weighted by Gasteiger charge is -2.12. The molecule has 1 aliphatic heterocycles. The van der Waals surface area contributed by atoms with Crippen molar-refractivity contribution in [2.75, 3.05) is 17.6 Å². The molecular formula is C20H26N2O6S2. The fraction of sp³-hybridized carbons (Fsp3) is 0.400. The Labute approximate surface area is 179 Å². The van der Waals surface area contributed by atoms with Crippen LogP contribution in [0.1, 0.15) is 44.6 Å². The van der Waals surface area contributed by atoms with Crippen LogP contribution in [0.25, 0.3) is 11.0 Å². The lowest BCUT2D eigenvalue weighted by molar-refractivity contribution is -0.116. The number of hydrogen-bond acceptors (Lipinski definition) is 8. The van der Waals surface area contributed by atoms with E-state index in [2.05, 4.69) is 10.6 Å². The number of Topliss-reactive ketones (excluding diaryl/α,β-unsaturated/α-hetero) is 1. The smallest absolute Gasteiger partial charge is 0.342 e. The molecular weight excluding hydrogens is 428 g/mol. The number of carbonyl (C=O) groups excluding carboxylic acids is 1. The van der Waals surface area contributed by atoms with Crippen LogP contribution in [0.3, 0.4) is 0 Å². The molecule has 0 saturated heterocycles. The summed E-state index contributed by atoms with van der Waals surface area (Å²) in [6.07, 6.45) is 0.551. The molecule has 10 heteroatoms. The maximum absolute atomic E-state index is 12.4. The summed E-state index contributed by atoms with van der Waals surface area (Å²) >= 11 is 1.42. The van der Waals surface area contributed by atoms with Crippen molar-refractivity contribution in [3.8, 4) is 0 Å². The van der Waals surface area contributed by atoms with Crippen LogP contribution in [0.4, 0.5) is 5.69 Å². The maximum atomic E-state index is 12.4. The van der Waals surface area contributed by atoms with E-state index in [-0.39, 0.29) is 23.3 Å². The van der Waals surface area contributed by atoms with Crippen molar-refractivity contribution in [2.45, 2.75) is 39.0 Å². The molecule has 30 heavy (non-hydrogen) atoms. The molecule has 1 atom stereocenters. The highest BCUT2D eigenvalue weighted by molar-refractivity contribution is 8.02. The van der Waals surface area contributed by atoms with E-state index >= 15 is 0 Å². The second kappa shape index (κ2) is 10.6. The minimum absolute atomic E-state index is 0.0437. The Bertz CT molecular complexity index is 1090. The average molecular weight is 455 g/mol. The number of nitrogens with one attached hydrogen (secondary N) is 2. The lowest BCUT2D eigenvalue weighted by atomic mass is 10.1. The monoisotopic (exact) mass is 454 g/mol. The second-order valence-electron chi connectivity index (χ2n) is 6.49. The summed E-state index contributed by atoms with van der Waals surface area (Å²) < 4.78 is 35.6. The number of anilines is 1. The van der Waals surface area contributed by atoms with Crippen molar-refractivity contribution in [2.24, 2.45) is 0 Å². The minimum Gasteiger partial charge on any atom is -0.422 e. The van der Waals surface area contributed by atoms with E-state index in [1.807, 2.05) is 19.3 Å². The molecule has 1 aromatic carbocycles. The highest BCUT2D eigenvalue weighted by Gasteiger charge is 2.23. The zero-order valence-electron chi connectivity index (χ0n) is 17.1. The first-order valence-corrected chi connectivity index (χ1v) is 12.1. The summed E-state index contributed by atoms with van der Waals surface area (Å²) in [7, 11) is -3.97. The van der Waals surface area contributed by atoms with Gasteiger partial charge in [0.1, 0.15) is 16.7 Å². The minimum atomic E-state index is -3.97. The van der Waals surface area contributed by atoms with E-state index < -0.39 is 15.7 Å². The molecule has 0 fully saturated rings. The summed E-state index contributed by atoms with van der Waals surface area (Å²) in [5.41, 5.74) is 1.89. The first kappa shape index (κ1) is 24.0. The zero-order chi connectivity index (χ0) is 22.3. The van der Waals surface area contributed by atoms with Gasteiger partial charge in [0.15, 0.2) is 0 Å². The predicted octanol–water partition coefficient (Wildman–Crippen LogP) is 3.66. The van der Waals surface area contributed by atoms with Crippen LogP contribution in [-0.2, 0) is 14.9 Å². The van der Waals surface area contributed by atoms with Crippen molar-refractivity contribution in [3.63, 3.8) is 0 Å². The summed E-state index contributed by atoms with van der Waals surface area (Å²) in [4.78, 5) is 23.6. The number of carbonyl (C=O) groups is 1. The van der Waals surface area contributed by atoms with Crippen LogP contribution in [0, 0.1) is 0 Å². The molecule has 0 aliphatic carbocycles. The number of ketones is 1. The molecule has 3 N–H and O–H groups in total. The van der Waals surface area contributed by atoms with Gasteiger partial charge >= 0.3 is 5.63 Å². The highest BCUT2D eigenvalue weighted by atomic mass is 32.2. The van der Waals surface area contributed by atoms with E-state index in [1.165, 1.54) is 18.7 Å². The van der Waals surface area contributed by atoms with E-state index in [0.29, 0.717) is 29.8 Å². The van der Waals surface area contributed by atoms with Crippen molar-refractivity contribution in [1.82, 2.24) is 5.32 Å². The van der Waals surface area contributed by atoms with E-state index in [1.54, 1.807) is 24.3 Å². The third-order valence-electron chi connectivity index (χ3n) is 4.06. The van der Waals surface area contributed by atoms with Gasteiger partial charge in [-0.2, -0.15) is 8.42 Å². The predicted molar refractivity (Wildman–Crippen MR) is 120 cm³/mol. The van der Waals surface area contributed by atoms with Crippen LogP contribution in [-0.4, -0.2) is 31.1 Å². The van der Waals surface area contributed by atoms with Crippen molar-refractivity contribution >= 4 is 44.3 Å². The van der Waals surface area contributed by atoms with Gasteiger partial charge < -0.3 is 15.1 Å². The Morgan fingerprint density at radius 1 is 1.30 bits per heavy atom. The van der Waals surface area contributed by atoms with E-state index in [0.717, 1.165) is 11.1 Å². The fourth-order valence-corrected chi connectivity index (χ4v) is 4.30. The number of thioether (sulfide) groups is 1. The highest BCUT2D eigenvalue weighted by Crippen LogP contribution is 2.34. The van der Waals surface area contributed by atoms with Gasteiger partial charge in [-0.15, -0.1) is 11.8 Å². The van der Waals surface area contributed by atoms with Crippen LogP contribution in [0.5, 0.6) is 0 Å². The molecule has 1 unspecified atom stereocenters. The van der Waals surface area contributed by atoms with E-state index in [9.17, 15) is 18.0 Å². The molecule has 0 spiro atoms. The van der Waals surface area contributed by atoms with Gasteiger partial charge in [-0.1, -0.05) is 13.8 Å². The van der Waals surface area contributed by atoms with Crippen LogP contribution >= 0.6 is 11.8 Å². The third kappa shape index (κ3) is 6.89. The fourth-order valence-electron chi connectivity index (χ4n) is 2.81. The van der Waals surface area contributed by atoms with E-state index in [4.69, 9.17) is 8.97 Å². The number of hydrogen-bond donors (Lipinski definition) is 3. The first-order chi connectivity index (χ1) is 14.2. The molecule has 2 heterocycles. The molecule has 0 amide bonds. The SMILES string of the molecule is CC.CC(=O)CC1=CSC(c2cc3ccc(NCCCS(=O)(=O)O)cc3oc2=O)N1. The van der Waals surface area contributed by atoms with Crippen LogP contribution in [0.2, 0.25) is 0 Å². The molecule has 164 valence electrons. The second-order valence-corrected chi connectivity index (χ2v) is 9.04. The molecule has 0 radical (unpaired) electrons. The molecule has 1 aromatic heterocycles. The first-order valence-electron chi connectivity index (χ1n) is 9.58. The Balaban J connectivity index is 0.00000155. The Kier molecular flexibility index (Phi) is 8.51. The van der Waals surface area contributed by atoms with Crippen molar-refractivity contribution in [3.05, 3.63) is 51.4 Å². The van der Waals surface area contributed by atoms with Crippen molar-refractivity contribution in [1.29, 1.82) is 0 Å². The molecule has 0 bridgehead atoms. The maximum Gasteiger partial charge on any atom is 0.342 e. The van der Waals surface area contributed by atoms with Gasteiger partial charge in [-0.3, -0.25) is 9.35 Å². The normalized spacial score (nSPS) is 15.7. The van der Waals surface area contributed by atoms with Gasteiger partial charge in [0.2, 0.25) is 0 Å². The quantitative estimate of drug-likeness (QED) is 0.311. The number of rotatable bonds is 8. The molecule has 3 rings (SSSR count). The molecule has 2 aromatic rings. The van der Waals surface area contributed by atoms with Crippen LogP contribution < -0.4 is 16.3 Å². The summed E-state index contributed by atoms with van der Waals surface area (Å²) in [6.45, 7) is 5.86.